The van der Waals surface area contributed by atoms with Gasteiger partial charge in [0.25, 0.3) is 5.91 Å². The summed E-state index contributed by atoms with van der Waals surface area (Å²) in [7, 11) is 0. The van der Waals surface area contributed by atoms with Crippen molar-refractivity contribution in [1.29, 1.82) is 0 Å². The number of benzene rings is 1. The van der Waals surface area contributed by atoms with Crippen molar-refractivity contribution >= 4 is 16.8 Å². The lowest BCUT2D eigenvalue weighted by atomic mass is 10.1. The number of H-pyrrole nitrogens is 1. The summed E-state index contributed by atoms with van der Waals surface area (Å²) in [6.45, 7) is 3.84. The van der Waals surface area contributed by atoms with Crippen molar-refractivity contribution < 1.29 is 20.8 Å². The van der Waals surface area contributed by atoms with Gasteiger partial charge in [-0.05, 0) is 49.2 Å². The molecule has 0 saturated heterocycles. The van der Waals surface area contributed by atoms with Crippen LogP contribution in [0.25, 0.3) is 22.3 Å². The van der Waals surface area contributed by atoms with Crippen molar-refractivity contribution in [2.24, 2.45) is 0 Å². The number of rotatable bonds is 4. The molecule has 3 aromatic heterocycles. The average Bonchev–Trinajstić information content (AvgIpc) is 3.08. The number of carbonyl (C=O) groups is 1. The van der Waals surface area contributed by atoms with Crippen LogP contribution in [0.1, 0.15) is 35.7 Å². The van der Waals surface area contributed by atoms with E-state index in [1.807, 2.05) is 25.1 Å². The Morgan fingerprint density at radius 1 is 1.19 bits per heavy atom. The fraction of sp³-hybridized carbons (Fsp3) is 0.182. The minimum atomic E-state index is -4.51. The van der Waals surface area contributed by atoms with E-state index in [4.69, 9.17) is 0 Å². The van der Waals surface area contributed by atoms with Gasteiger partial charge in [-0.1, -0.05) is 12.1 Å². The van der Waals surface area contributed by atoms with Crippen molar-refractivity contribution in [1.82, 2.24) is 25.3 Å². The van der Waals surface area contributed by atoms with E-state index in [-0.39, 0.29) is 21.0 Å². The van der Waals surface area contributed by atoms with Crippen LogP contribution in [0.4, 0.5) is 13.2 Å². The maximum absolute atomic E-state index is 13.0. The molecule has 1 aromatic carbocycles. The van der Waals surface area contributed by atoms with Crippen LogP contribution < -0.4 is 5.32 Å². The van der Waals surface area contributed by atoms with Crippen LogP contribution in [0.3, 0.4) is 0 Å². The first-order valence-corrected chi connectivity index (χ1v) is 9.44. The lowest BCUT2D eigenvalue weighted by Gasteiger charge is -2.07. The molecular weight excluding hydrogens is 407 g/mol. The Morgan fingerprint density at radius 2 is 2.00 bits per heavy atom. The number of pyridine rings is 1. The fourth-order valence-electron chi connectivity index (χ4n) is 3.36. The summed E-state index contributed by atoms with van der Waals surface area (Å²) in [4.78, 5) is 27.2. The number of nitrogens with one attached hydrogen (secondary N) is 2. The van der Waals surface area contributed by atoms with Gasteiger partial charge in [-0.15, -0.1) is 0 Å². The maximum atomic E-state index is 13.0. The first-order valence-electron chi connectivity index (χ1n) is 9.44. The molecule has 0 spiro atoms. The van der Waals surface area contributed by atoms with Gasteiger partial charge in [0.05, 0.1) is 22.6 Å². The van der Waals surface area contributed by atoms with Crippen LogP contribution in [0.5, 0.6) is 0 Å². The number of aromatic nitrogens is 4. The highest BCUT2D eigenvalue weighted by Gasteiger charge is 2.32. The standard InChI is InChI=1S/C22H18F3N5O.2H2/c1-12-15-8-14(9-27-21(31)16-10-26-11-28-13(16)2)6-7-17(15)30-20(12)18-4-3-5-19(29-18)22(23,24)25;;/h3-8,10-11,30H,9H2,1-2H3,(H,27,31);2*1H. The summed E-state index contributed by atoms with van der Waals surface area (Å²) in [5.41, 5.74) is 3.20. The van der Waals surface area contributed by atoms with Crippen LogP contribution in [-0.2, 0) is 12.7 Å². The predicted octanol–water partition coefficient (Wildman–Crippen LogP) is 5.08. The third kappa shape index (κ3) is 4.11. The van der Waals surface area contributed by atoms with Gasteiger partial charge in [-0.3, -0.25) is 4.79 Å². The highest BCUT2D eigenvalue weighted by Crippen LogP contribution is 2.32. The fourth-order valence-corrected chi connectivity index (χ4v) is 3.36. The second-order valence-electron chi connectivity index (χ2n) is 7.12. The number of carbonyl (C=O) groups excluding carboxylic acids is 1. The molecule has 3 heterocycles. The molecule has 9 heteroatoms. The summed E-state index contributed by atoms with van der Waals surface area (Å²) in [6, 6.07) is 9.40. The van der Waals surface area contributed by atoms with Crippen LogP contribution >= 0.6 is 0 Å². The first kappa shape index (κ1) is 20.5. The number of aryl methyl sites for hydroxylation is 2. The van der Waals surface area contributed by atoms with E-state index in [9.17, 15) is 18.0 Å². The van der Waals surface area contributed by atoms with E-state index < -0.39 is 11.9 Å². The summed E-state index contributed by atoms with van der Waals surface area (Å²) in [6.07, 6.45) is -1.67. The van der Waals surface area contributed by atoms with Crippen molar-refractivity contribution in [2.75, 3.05) is 0 Å². The van der Waals surface area contributed by atoms with Gasteiger partial charge in [-0.25, -0.2) is 15.0 Å². The average molecular weight is 429 g/mol. The van der Waals surface area contributed by atoms with Gasteiger partial charge in [0.2, 0.25) is 0 Å². The number of amides is 1. The van der Waals surface area contributed by atoms with Gasteiger partial charge in [0.15, 0.2) is 0 Å². The molecule has 0 fully saturated rings. The molecule has 4 rings (SSSR count). The van der Waals surface area contributed by atoms with E-state index in [1.54, 1.807) is 13.0 Å². The zero-order valence-electron chi connectivity index (χ0n) is 16.7. The van der Waals surface area contributed by atoms with Crippen LogP contribution in [-0.4, -0.2) is 25.8 Å². The van der Waals surface area contributed by atoms with E-state index in [0.717, 1.165) is 28.1 Å². The van der Waals surface area contributed by atoms with E-state index >= 15 is 0 Å². The largest absolute Gasteiger partial charge is 0.433 e. The molecule has 4 aromatic rings. The molecule has 2 N–H and O–H groups in total. The molecule has 0 unspecified atom stereocenters. The Balaban J connectivity index is 0.00000193. The highest BCUT2D eigenvalue weighted by molar-refractivity contribution is 5.95. The molecule has 0 radical (unpaired) electrons. The Bertz CT molecular complexity index is 1290. The molecule has 0 saturated carbocycles. The second-order valence-corrected chi connectivity index (χ2v) is 7.12. The molecule has 0 aliphatic rings. The third-order valence-corrected chi connectivity index (χ3v) is 5.03. The Kier molecular flexibility index (Phi) is 5.18. The minimum absolute atomic E-state index is 0. The summed E-state index contributed by atoms with van der Waals surface area (Å²) >= 11 is 0. The number of fused-ring (bicyclic) bond motifs is 1. The number of alkyl halides is 3. The SMILES string of the molecule is Cc1ncncc1C(=O)NCc1ccc2[nH]c(-c3cccc(C(F)(F)F)n3)c(C)c2c1.[HH].[HH]. The second kappa shape index (κ2) is 7.82. The van der Waals surface area contributed by atoms with Gasteiger partial charge >= 0.3 is 6.18 Å². The topological polar surface area (TPSA) is 83.6 Å². The zero-order valence-corrected chi connectivity index (χ0v) is 16.7. The van der Waals surface area contributed by atoms with E-state index in [1.165, 1.54) is 18.6 Å². The van der Waals surface area contributed by atoms with E-state index in [0.29, 0.717) is 17.0 Å². The highest BCUT2D eigenvalue weighted by atomic mass is 19.4. The summed E-state index contributed by atoms with van der Waals surface area (Å²) in [5.74, 6) is -0.280. The number of hydrogen-bond donors (Lipinski definition) is 2. The molecular formula is C22H22F3N5O. The summed E-state index contributed by atoms with van der Waals surface area (Å²) in [5, 5.41) is 3.68. The lowest BCUT2D eigenvalue weighted by molar-refractivity contribution is -0.141. The van der Waals surface area contributed by atoms with Crippen LogP contribution in [0, 0.1) is 13.8 Å². The monoisotopic (exact) mass is 429 g/mol. The smallest absolute Gasteiger partial charge is 0.353 e. The van der Waals surface area contributed by atoms with Gasteiger partial charge in [0, 0.05) is 26.5 Å². The first-order chi connectivity index (χ1) is 14.7. The molecule has 0 bridgehead atoms. The van der Waals surface area contributed by atoms with Crippen molar-refractivity contribution in [2.45, 2.75) is 26.6 Å². The minimum Gasteiger partial charge on any atom is -0.353 e. The number of nitrogens with zero attached hydrogens (tertiary/aromatic N) is 3. The Labute approximate surface area is 178 Å². The number of hydrogen-bond acceptors (Lipinski definition) is 4. The number of aromatic amines is 1. The molecule has 162 valence electrons. The molecule has 0 aliphatic heterocycles. The van der Waals surface area contributed by atoms with Gasteiger partial charge in [0.1, 0.15) is 12.0 Å². The van der Waals surface area contributed by atoms with Crippen molar-refractivity contribution in [3.63, 3.8) is 0 Å². The maximum Gasteiger partial charge on any atom is 0.433 e. The third-order valence-electron chi connectivity index (χ3n) is 5.03. The normalized spacial score (nSPS) is 11.6. The van der Waals surface area contributed by atoms with Gasteiger partial charge < -0.3 is 10.3 Å². The van der Waals surface area contributed by atoms with Crippen LogP contribution in [0.2, 0.25) is 0 Å². The van der Waals surface area contributed by atoms with Crippen LogP contribution in [0.15, 0.2) is 48.9 Å². The molecule has 0 aliphatic carbocycles. The molecule has 31 heavy (non-hydrogen) atoms. The molecule has 6 nitrogen and oxygen atoms in total. The number of halogens is 3. The quantitative estimate of drug-likeness (QED) is 0.474. The Hall–Kier alpha value is -3.75. The summed E-state index contributed by atoms with van der Waals surface area (Å²) < 4.78 is 39.1. The van der Waals surface area contributed by atoms with Gasteiger partial charge in [-0.2, -0.15) is 13.2 Å². The zero-order chi connectivity index (χ0) is 22.2. The van der Waals surface area contributed by atoms with Crippen molar-refractivity contribution in [3.8, 4) is 11.4 Å². The Morgan fingerprint density at radius 3 is 2.74 bits per heavy atom. The van der Waals surface area contributed by atoms with Crippen molar-refractivity contribution in [3.05, 3.63) is 77.0 Å². The van der Waals surface area contributed by atoms with E-state index in [2.05, 4.69) is 25.3 Å². The molecule has 0 atom stereocenters. The predicted molar refractivity (Wildman–Crippen MR) is 113 cm³/mol. The molecule has 1 amide bonds. The lowest BCUT2D eigenvalue weighted by Crippen LogP contribution is -2.24.